The standard InChI is InChI=1S/C14H10Cl2O3S/c1-20(18,19)11-5-2-9(3-6-11)14(17)12-7-4-10(15)8-13(12)16/h2-8H,1H3. The van der Waals surface area contributed by atoms with E-state index in [-0.39, 0.29) is 15.7 Å². The largest absolute Gasteiger partial charge is 0.289 e. The second-order valence-electron chi connectivity index (χ2n) is 4.25. The highest BCUT2D eigenvalue weighted by Crippen LogP contribution is 2.24. The zero-order valence-corrected chi connectivity index (χ0v) is 12.8. The summed E-state index contributed by atoms with van der Waals surface area (Å²) in [5.74, 6) is -0.285. The minimum Gasteiger partial charge on any atom is -0.289 e. The SMILES string of the molecule is CS(=O)(=O)c1ccc(C(=O)c2ccc(Cl)cc2Cl)cc1. The maximum absolute atomic E-state index is 12.3. The van der Waals surface area contributed by atoms with Crippen molar-refractivity contribution in [1.82, 2.24) is 0 Å². The number of carbonyl (C=O) groups excluding carboxylic acids is 1. The summed E-state index contributed by atoms with van der Waals surface area (Å²) in [4.78, 5) is 12.4. The average Bonchev–Trinajstić information content (AvgIpc) is 2.37. The minimum absolute atomic E-state index is 0.163. The first kappa shape index (κ1) is 15.0. The Hall–Kier alpha value is -1.36. The van der Waals surface area contributed by atoms with Crippen molar-refractivity contribution in [2.45, 2.75) is 4.90 Å². The molecular weight excluding hydrogens is 319 g/mol. The minimum atomic E-state index is -3.28. The van der Waals surface area contributed by atoms with Crippen molar-refractivity contribution in [3.05, 3.63) is 63.6 Å². The quantitative estimate of drug-likeness (QED) is 0.808. The number of halogens is 2. The maximum atomic E-state index is 12.3. The van der Waals surface area contributed by atoms with Gasteiger partial charge in [-0.3, -0.25) is 4.79 Å². The molecule has 0 heterocycles. The summed E-state index contributed by atoms with van der Waals surface area (Å²) in [6.07, 6.45) is 1.11. The van der Waals surface area contributed by atoms with E-state index < -0.39 is 9.84 Å². The molecule has 0 bridgehead atoms. The van der Waals surface area contributed by atoms with Gasteiger partial charge >= 0.3 is 0 Å². The number of benzene rings is 2. The van der Waals surface area contributed by atoms with E-state index in [1.165, 1.54) is 36.4 Å². The summed E-state index contributed by atoms with van der Waals surface area (Å²) in [6.45, 7) is 0. The highest BCUT2D eigenvalue weighted by molar-refractivity contribution is 7.90. The molecule has 0 fully saturated rings. The van der Waals surface area contributed by atoms with E-state index in [9.17, 15) is 13.2 Å². The highest BCUT2D eigenvalue weighted by atomic mass is 35.5. The first-order valence-electron chi connectivity index (χ1n) is 5.59. The summed E-state index contributed by atoms with van der Waals surface area (Å²) in [7, 11) is -3.28. The van der Waals surface area contributed by atoms with Crippen LogP contribution in [0.4, 0.5) is 0 Å². The van der Waals surface area contributed by atoms with E-state index in [1.54, 1.807) is 6.07 Å². The molecule has 104 valence electrons. The molecule has 0 aliphatic heterocycles. The van der Waals surface area contributed by atoms with Gasteiger partial charge < -0.3 is 0 Å². The van der Waals surface area contributed by atoms with Gasteiger partial charge in [0.05, 0.1) is 9.92 Å². The second kappa shape index (κ2) is 5.56. The van der Waals surface area contributed by atoms with E-state index in [0.29, 0.717) is 16.1 Å². The van der Waals surface area contributed by atoms with Gasteiger partial charge in [-0.1, -0.05) is 23.2 Å². The van der Waals surface area contributed by atoms with Crippen LogP contribution in [0.5, 0.6) is 0 Å². The number of hydrogen-bond donors (Lipinski definition) is 0. The lowest BCUT2D eigenvalue weighted by Gasteiger charge is -2.05. The number of ketones is 1. The maximum Gasteiger partial charge on any atom is 0.194 e. The Labute approximate surface area is 127 Å². The third kappa shape index (κ3) is 3.20. The lowest BCUT2D eigenvalue weighted by molar-refractivity contribution is 0.103. The fourth-order valence-electron chi connectivity index (χ4n) is 1.68. The van der Waals surface area contributed by atoms with E-state index in [4.69, 9.17) is 23.2 Å². The van der Waals surface area contributed by atoms with Gasteiger partial charge in [-0.25, -0.2) is 8.42 Å². The van der Waals surface area contributed by atoms with Crippen molar-refractivity contribution >= 4 is 38.8 Å². The van der Waals surface area contributed by atoms with Gasteiger partial charge in [-0.05, 0) is 42.5 Å². The summed E-state index contributed by atoms with van der Waals surface area (Å²) >= 11 is 11.8. The number of carbonyl (C=O) groups is 1. The van der Waals surface area contributed by atoms with Gasteiger partial charge in [0.2, 0.25) is 0 Å². The topological polar surface area (TPSA) is 51.2 Å². The molecule has 0 aliphatic carbocycles. The molecule has 2 aromatic rings. The molecule has 2 rings (SSSR count). The Morgan fingerprint density at radius 3 is 2.10 bits per heavy atom. The van der Waals surface area contributed by atoms with Crippen LogP contribution in [0.3, 0.4) is 0 Å². The molecule has 0 spiro atoms. The lowest BCUT2D eigenvalue weighted by atomic mass is 10.0. The molecule has 3 nitrogen and oxygen atoms in total. The summed E-state index contributed by atoms with van der Waals surface area (Å²) in [5.41, 5.74) is 0.685. The van der Waals surface area contributed by atoms with E-state index in [1.807, 2.05) is 0 Å². The fraction of sp³-hybridized carbons (Fsp3) is 0.0714. The second-order valence-corrected chi connectivity index (χ2v) is 7.11. The van der Waals surface area contributed by atoms with E-state index >= 15 is 0 Å². The highest BCUT2D eigenvalue weighted by Gasteiger charge is 2.14. The van der Waals surface area contributed by atoms with Gasteiger partial charge in [0.25, 0.3) is 0 Å². The van der Waals surface area contributed by atoms with Gasteiger partial charge in [0.15, 0.2) is 15.6 Å². The molecule has 2 aromatic carbocycles. The van der Waals surface area contributed by atoms with Crippen LogP contribution in [0, 0.1) is 0 Å². The summed E-state index contributed by atoms with van der Waals surface area (Å²) < 4.78 is 22.7. The molecule has 6 heteroatoms. The fourth-order valence-corrected chi connectivity index (χ4v) is 2.81. The van der Waals surface area contributed by atoms with Crippen molar-refractivity contribution in [1.29, 1.82) is 0 Å². The summed E-state index contributed by atoms with van der Waals surface area (Å²) in [5, 5.41) is 0.702. The lowest BCUT2D eigenvalue weighted by Crippen LogP contribution is -2.03. The Bertz CT molecular complexity index is 766. The molecule has 0 amide bonds. The van der Waals surface area contributed by atoms with Gasteiger partial charge in [-0.15, -0.1) is 0 Å². The van der Waals surface area contributed by atoms with E-state index in [0.717, 1.165) is 6.26 Å². The monoisotopic (exact) mass is 328 g/mol. The Morgan fingerprint density at radius 2 is 1.60 bits per heavy atom. The van der Waals surface area contributed by atoms with Crippen LogP contribution in [0.2, 0.25) is 10.0 Å². The predicted octanol–water partition coefficient (Wildman–Crippen LogP) is 3.63. The van der Waals surface area contributed by atoms with Crippen LogP contribution in [-0.2, 0) is 9.84 Å². The average molecular weight is 329 g/mol. The molecule has 0 aliphatic rings. The first-order valence-corrected chi connectivity index (χ1v) is 8.23. The number of rotatable bonds is 3. The Balaban J connectivity index is 2.39. The van der Waals surface area contributed by atoms with E-state index in [2.05, 4.69) is 0 Å². The van der Waals surface area contributed by atoms with Crippen molar-refractivity contribution in [2.75, 3.05) is 6.26 Å². The molecule has 0 saturated heterocycles. The van der Waals surface area contributed by atoms with Crippen LogP contribution in [0.25, 0.3) is 0 Å². The molecule has 0 N–H and O–H groups in total. The van der Waals surface area contributed by atoms with Crippen LogP contribution in [-0.4, -0.2) is 20.5 Å². The van der Waals surface area contributed by atoms with Gasteiger partial charge in [-0.2, -0.15) is 0 Å². The molecule has 0 saturated carbocycles. The number of sulfone groups is 1. The third-order valence-corrected chi connectivity index (χ3v) is 4.40. The van der Waals surface area contributed by atoms with Gasteiger partial charge in [0.1, 0.15) is 0 Å². The Morgan fingerprint density at radius 1 is 1.00 bits per heavy atom. The zero-order chi connectivity index (χ0) is 14.9. The molecule has 0 unspecified atom stereocenters. The first-order chi connectivity index (χ1) is 9.29. The van der Waals surface area contributed by atoms with Crippen LogP contribution in [0.1, 0.15) is 15.9 Å². The van der Waals surface area contributed by atoms with Crippen LogP contribution in [0.15, 0.2) is 47.4 Å². The Kier molecular flexibility index (Phi) is 4.18. The summed E-state index contributed by atoms with van der Waals surface area (Å²) in [6, 6.07) is 10.3. The van der Waals surface area contributed by atoms with Crippen molar-refractivity contribution < 1.29 is 13.2 Å². The van der Waals surface area contributed by atoms with Crippen molar-refractivity contribution in [3.63, 3.8) is 0 Å². The van der Waals surface area contributed by atoms with Gasteiger partial charge in [0, 0.05) is 22.4 Å². The van der Waals surface area contributed by atoms with Crippen LogP contribution >= 0.6 is 23.2 Å². The normalized spacial score (nSPS) is 11.3. The number of hydrogen-bond acceptors (Lipinski definition) is 3. The zero-order valence-electron chi connectivity index (χ0n) is 10.4. The van der Waals surface area contributed by atoms with Crippen molar-refractivity contribution in [3.8, 4) is 0 Å². The molecule has 0 aromatic heterocycles. The third-order valence-electron chi connectivity index (χ3n) is 2.72. The van der Waals surface area contributed by atoms with Crippen LogP contribution < -0.4 is 0 Å². The molecule has 0 radical (unpaired) electrons. The smallest absolute Gasteiger partial charge is 0.194 e. The molecule has 0 atom stereocenters. The predicted molar refractivity (Wildman–Crippen MR) is 79.4 cm³/mol. The molecular formula is C14H10Cl2O3S. The van der Waals surface area contributed by atoms with Crippen molar-refractivity contribution in [2.24, 2.45) is 0 Å². The molecule has 20 heavy (non-hydrogen) atoms.